The fraction of sp³-hybridized carbons (Fsp3) is 0.0769. The molecule has 0 aliphatic rings. The van der Waals surface area contributed by atoms with E-state index in [9.17, 15) is 13.2 Å². The number of hydrogen-bond donors (Lipinski definition) is 1. The van der Waals surface area contributed by atoms with Gasteiger partial charge in [-0.3, -0.25) is 5.10 Å². The van der Waals surface area contributed by atoms with Crippen LogP contribution in [0.5, 0.6) is 0 Å². The molecule has 0 aliphatic carbocycles. The highest BCUT2D eigenvalue weighted by Crippen LogP contribution is 2.30. The van der Waals surface area contributed by atoms with Crippen molar-refractivity contribution in [3.63, 3.8) is 0 Å². The van der Waals surface area contributed by atoms with Gasteiger partial charge in [0, 0.05) is 5.39 Å². The van der Waals surface area contributed by atoms with Crippen molar-refractivity contribution in [3.8, 4) is 11.4 Å². The first-order chi connectivity index (χ1) is 9.04. The minimum absolute atomic E-state index is 0.179. The Morgan fingerprint density at radius 2 is 1.74 bits per heavy atom. The van der Waals surface area contributed by atoms with E-state index in [1.54, 1.807) is 18.2 Å². The predicted octanol–water partition coefficient (Wildman–Crippen LogP) is 3.64. The van der Waals surface area contributed by atoms with Crippen molar-refractivity contribution in [2.45, 2.75) is 6.18 Å². The van der Waals surface area contributed by atoms with Crippen molar-refractivity contribution < 1.29 is 13.2 Å². The van der Waals surface area contributed by atoms with Crippen LogP contribution in [0.2, 0.25) is 0 Å². The first-order valence-corrected chi connectivity index (χ1v) is 5.53. The van der Waals surface area contributed by atoms with Crippen molar-refractivity contribution in [3.05, 3.63) is 48.2 Å². The summed E-state index contributed by atoms with van der Waals surface area (Å²) in [6.45, 7) is 0. The van der Waals surface area contributed by atoms with Crippen LogP contribution in [0, 0.1) is 0 Å². The number of rotatable bonds is 1. The zero-order valence-corrected chi connectivity index (χ0v) is 9.57. The van der Waals surface area contributed by atoms with Gasteiger partial charge in [0.05, 0.1) is 11.2 Å². The van der Waals surface area contributed by atoms with E-state index in [2.05, 4.69) is 10.1 Å². The number of pyridine rings is 1. The first-order valence-electron chi connectivity index (χ1n) is 5.53. The summed E-state index contributed by atoms with van der Waals surface area (Å²) < 4.78 is 37.4. The SMILES string of the molecule is FC(F)(F)c1cc(-c2ccc3ccccc3n2)n[nH]1. The summed E-state index contributed by atoms with van der Waals surface area (Å²) in [5.41, 5.74) is 0.428. The van der Waals surface area contributed by atoms with E-state index in [4.69, 9.17) is 0 Å². The maximum atomic E-state index is 12.5. The minimum atomic E-state index is -4.43. The highest BCUT2D eigenvalue weighted by molar-refractivity contribution is 5.80. The number of halogens is 3. The highest BCUT2D eigenvalue weighted by atomic mass is 19.4. The normalized spacial score (nSPS) is 11.9. The van der Waals surface area contributed by atoms with E-state index < -0.39 is 11.9 Å². The second-order valence-electron chi connectivity index (χ2n) is 4.05. The molecule has 19 heavy (non-hydrogen) atoms. The second kappa shape index (κ2) is 4.08. The number of para-hydroxylation sites is 1. The van der Waals surface area contributed by atoms with Crippen LogP contribution in [0.1, 0.15) is 5.69 Å². The lowest BCUT2D eigenvalue weighted by molar-refractivity contribution is -0.141. The van der Waals surface area contributed by atoms with Crippen molar-refractivity contribution in [2.75, 3.05) is 0 Å². The molecule has 0 bridgehead atoms. The van der Waals surface area contributed by atoms with E-state index in [0.29, 0.717) is 5.69 Å². The van der Waals surface area contributed by atoms with Crippen molar-refractivity contribution in [1.82, 2.24) is 15.2 Å². The van der Waals surface area contributed by atoms with Gasteiger partial charge in [0.25, 0.3) is 0 Å². The Bertz CT molecular complexity index is 731. The Morgan fingerprint density at radius 3 is 2.47 bits per heavy atom. The third kappa shape index (κ3) is 2.16. The number of benzene rings is 1. The number of aromatic amines is 1. The van der Waals surface area contributed by atoms with Gasteiger partial charge in [-0.15, -0.1) is 0 Å². The topological polar surface area (TPSA) is 41.6 Å². The summed E-state index contributed by atoms with van der Waals surface area (Å²) in [5.74, 6) is 0. The molecular formula is C13H8F3N3. The summed E-state index contributed by atoms with van der Waals surface area (Å²) in [4.78, 5) is 4.29. The maximum Gasteiger partial charge on any atom is 0.432 e. The molecule has 2 aromatic heterocycles. The first kappa shape index (κ1) is 11.7. The van der Waals surface area contributed by atoms with Gasteiger partial charge in [-0.25, -0.2) is 4.98 Å². The molecule has 2 heterocycles. The molecular weight excluding hydrogens is 255 g/mol. The van der Waals surface area contributed by atoms with Crippen molar-refractivity contribution in [1.29, 1.82) is 0 Å². The molecule has 3 aromatic rings. The molecule has 0 atom stereocenters. The summed E-state index contributed by atoms with van der Waals surface area (Å²) in [6, 6.07) is 11.8. The molecule has 3 nitrogen and oxygen atoms in total. The van der Waals surface area contributed by atoms with Gasteiger partial charge in [0.2, 0.25) is 0 Å². The number of hydrogen-bond acceptors (Lipinski definition) is 2. The summed E-state index contributed by atoms with van der Waals surface area (Å²) in [6.07, 6.45) is -4.43. The van der Waals surface area contributed by atoms with E-state index in [0.717, 1.165) is 17.0 Å². The fourth-order valence-corrected chi connectivity index (χ4v) is 1.81. The molecule has 3 rings (SSSR count). The summed E-state index contributed by atoms with van der Waals surface area (Å²) in [5, 5.41) is 6.56. The van der Waals surface area contributed by atoms with Crippen LogP contribution in [-0.4, -0.2) is 15.2 Å². The van der Waals surface area contributed by atoms with E-state index >= 15 is 0 Å². The number of fused-ring (bicyclic) bond motifs is 1. The Morgan fingerprint density at radius 1 is 0.947 bits per heavy atom. The van der Waals surface area contributed by atoms with Crippen LogP contribution in [0.4, 0.5) is 13.2 Å². The quantitative estimate of drug-likeness (QED) is 0.728. The van der Waals surface area contributed by atoms with Gasteiger partial charge in [-0.2, -0.15) is 18.3 Å². The largest absolute Gasteiger partial charge is 0.432 e. The molecule has 0 saturated heterocycles. The van der Waals surface area contributed by atoms with Gasteiger partial charge in [0.1, 0.15) is 11.4 Å². The van der Waals surface area contributed by atoms with E-state index in [1.165, 1.54) is 0 Å². The van der Waals surface area contributed by atoms with Crippen LogP contribution in [0.25, 0.3) is 22.3 Å². The lowest BCUT2D eigenvalue weighted by Crippen LogP contribution is -2.04. The summed E-state index contributed by atoms with van der Waals surface area (Å²) in [7, 11) is 0. The minimum Gasteiger partial charge on any atom is -0.273 e. The van der Waals surface area contributed by atoms with E-state index in [1.807, 2.05) is 23.3 Å². The lowest BCUT2D eigenvalue weighted by Gasteiger charge is -2.00. The smallest absolute Gasteiger partial charge is 0.273 e. The van der Waals surface area contributed by atoms with Crippen molar-refractivity contribution in [2.24, 2.45) is 0 Å². The number of aromatic nitrogens is 3. The summed E-state index contributed by atoms with van der Waals surface area (Å²) >= 11 is 0. The van der Waals surface area contributed by atoms with Crippen molar-refractivity contribution >= 4 is 10.9 Å². The molecule has 0 fully saturated rings. The second-order valence-corrected chi connectivity index (χ2v) is 4.05. The molecule has 96 valence electrons. The average molecular weight is 263 g/mol. The average Bonchev–Trinajstić information content (AvgIpc) is 2.87. The third-order valence-corrected chi connectivity index (χ3v) is 2.74. The standard InChI is InChI=1S/C13H8F3N3/c14-13(15,16)12-7-11(18-19-12)10-6-5-8-3-1-2-4-9(8)17-10/h1-7H,(H,18,19). The highest BCUT2D eigenvalue weighted by Gasteiger charge is 2.33. The maximum absolute atomic E-state index is 12.5. The number of alkyl halides is 3. The Balaban J connectivity index is 2.07. The van der Waals surface area contributed by atoms with Gasteiger partial charge < -0.3 is 0 Å². The zero-order chi connectivity index (χ0) is 13.5. The van der Waals surface area contributed by atoms with Crippen LogP contribution >= 0.6 is 0 Å². The monoisotopic (exact) mass is 263 g/mol. The molecule has 0 saturated carbocycles. The molecule has 0 amide bonds. The fourth-order valence-electron chi connectivity index (χ4n) is 1.81. The molecule has 0 aliphatic heterocycles. The van der Waals surface area contributed by atoms with E-state index in [-0.39, 0.29) is 5.69 Å². The molecule has 1 aromatic carbocycles. The molecule has 6 heteroatoms. The van der Waals surface area contributed by atoms with Crippen LogP contribution in [0.3, 0.4) is 0 Å². The lowest BCUT2D eigenvalue weighted by atomic mass is 10.2. The number of H-pyrrole nitrogens is 1. The van der Waals surface area contributed by atoms with Crippen LogP contribution in [0.15, 0.2) is 42.5 Å². The van der Waals surface area contributed by atoms with Gasteiger partial charge in [0.15, 0.2) is 0 Å². The molecule has 0 spiro atoms. The third-order valence-electron chi connectivity index (χ3n) is 2.74. The number of nitrogens with one attached hydrogen (secondary N) is 1. The Kier molecular flexibility index (Phi) is 2.51. The van der Waals surface area contributed by atoms with Gasteiger partial charge >= 0.3 is 6.18 Å². The van der Waals surface area contributed by atoms with Crippen LogP contribution < -0.4 is 0 Å². The zero-order valence-electron chi connectivity index (χ0n) is 9.57. The Labute approximate surface area is 106 Å². The molecule has 0 unspecified atom stereocenters. The molecule has 1 N–H and O–H groups in total. The predicted molar refractivity (Wildman–Crippen MR) is 64.3 cm³/mol. The van der Waals surface area contributed by atoms with Crippen LogP contribution in [-0.2, 0) is 6.18 Å². The van der Waals surface area contributed by atoms with Gasteiger partial charge in [-0.05, 0) is 18.2 Å². The number of nitrogens with zero attached hydrogens (tertiary/aromatic N) is 2. The van der Waals surface area contributed by atoms with Gasteiger partial charge in [-0.1, -0.05) is 24.3 Å². The Hall–Kier alpha value is -2.37. The molecule has 0 radical (unpaired) electrons.